The van der Waals surface area contributed by atoms with E-state index < -0.39 is 28.5 Å². The van der Waals surface area contributed by atoms with Gasteiger partial charge in [-0.05, 0) is 82.0 Å². The van der Waals surface area contributed by atoms with Crippen molar-refractivity contribution in [2.24, 2.45) is 0 Å². The Morgan fingerprint density at radius 3 is 2.26 bits per heavy atom. The zero-order valence-corrected chi connectivity index (χ0v) is 26.6. The van der Waals surface area contributed by atoms with E-state index >= 15 is 0 Å². The number of carbonyl (C=O) groups is 2. The quantitative estimate of drug-likeness (QED) is 0.303. The Kier molecular flexibility index (Phi) is 10.5. The summed E-state index contributed by atoms with van der Waals surface area (Å²) < 4.78 is 34.8. The van der Waals surface area contributed by atoms with Gasteiger partial charge in [0.15, 0.2) is 0 Å². The molecule has 1 aliphatic carbocycles. The first kappa shape index (κ1) is 32.1. The molecule has 230 valence electrons. The predicted molar refractivity (Wildman–Crippen MR) is 170 cm³/mol. The van der Waals surface area contributed by atoms with E-state index in [0.29, 0.717) is 11.4 Å². The molecule has 1 atom stereocenters. The van der Waals surface area contributed by atoms with Crippen molar-refractivity contribution in [2.45, 2.75) is 83.3 Å². The van der Waals surface area contributed by atoms with Gasteiger partial charge in [-0.25, -0.2) is 8.42 Å². The molecule has 0 aliphatic heterocycles. The number of hydrogen-bond acceptors (Lipinski definition) is 5. The number of anilines is 1. The second-order valence-corrected chi connectivity index (χ2v) is 13.4. The first-order valence-corrected chi connectivity index (χ1v) is 16.3. The summed E-state index contributed by atoms with van der Waals surface area (Å²) in [6.07, 6.45) is 5.11. The standard InChI is InChI=1S/C34H43N3O5S/c1-24-14-17-31(18-15-24)43(40,41)37(32-19-16-25(2)20-26(32)3)23-33(38)36(22-28-10-9-13-30(21-28)42-5)27(4)34(39)35-29-11-7-6-8-12-29/h9-10,13-21,27,29H,6-8,11-12,22-23H2,1-5H3,(H,35,39). The van der Waals surface area contributed by atoms with E-state index in [0.717, 1.165) is 54.4 Å². The van der Waals surface area contributed by atoms with Gasteiger partial charge in [-0.15, -0.1) is 0 Å². The van der Waals surface area contributed by atoms with Crippen LogP contribution < -0.4 is 14.4 Å². The smallest absolute Gasteiger partial charge is 0.264 e. The van der Waals surface area contributed by atoms with Gasteiger partial charge in [-0.1, -0.05) is 66.8 Å². The lowest BCUT2D eigenvalue weighted by molar-refractivity contribution is -0.139. The maximum Gasteiger partial charge on any atom is 0.264 e. The van der Waals surface area contributed by atoms with Gasteiger partial charge >= 0.3 is 0 Å². The summed E-state index contributed by atoms with van der Waals surface area (Å²) in [6.45, 7) is 7.00. The highest BCUT2D eigenvalue weighted by Gasteiger charge is 2.33. The van der Waals surface area contributed by atoms with Gasteiger partial charge in [0.05, 0.1) is 17.7 Å². The molecule has 0 bridgehead atoms. The van der Waals surface area contributed by atoms with E-state index in [9.17, 15) is 18.0 Å². The van der Waals surface area contributed by atoms with Gasteiger partial charge in [0.25, 0.3) is 10.0 Å². The molecule has 2 amide bonds. The second kappa shape index (κ2) is 14.1. The van der Waals surface area contributed by atoms with Crippen LogP contribution in [0.1, 0.15) is 61.3 Å². The number of carbonyl (C=O) groups excluding carboxylic acids is 2. The fraction of sp³-hybridized carbons (Fsp3) is 0.412. The number of rotatable bonds is 11. The number of sulfonamides is 1. The minimum Gasteiger partial charge on any atom is -0.497 e. The van der Waals surface area contributed by atoms with Crippen LogP contribution in [0.25, 0.3) is 0 Å². The lowest BCUT2D eigenvalue weighted by atomic mass is 9.95. The van der Waals surface area contributed by atoms with Crippen LogP contribution in [0.4, 0.5) is 5.69 Å². The molecule has 3 aromatic carbocycles. The molecule has 4 rings (SSSR count). The molecule has 0 spiro atoms. The van der Waals surface area contributed by atoms with Crippen LogP contribution >= 0.6 is 0 Å². The summed E-state index contributed by atoms with van der Waals surface area (Å²) in [5.41, 5.74) is 3.82. The molecule has 1 aliphatic rings. The Morgan fingerprint density at radius 2 is 1.60 bits per heavy atom. The number of methoxy groups -OCH3 is 1. The summed E-state index contributed by atoms with van der Waals surface area (Å²) in [7, 11) is -2.55. The van der Waals surface area contributed by atoms with Gasteiger partial charge in [0.1, 0.15) is 18.3 Å². The normalized spacial score (nSPS) is 14.5. The maximum atomic E-state index is 14.2. The molecule has 0 saturated heterocycles. The molecule has 3 aromatic rings. The summed E-state index contributed by atoms with van der Waals surface area (Å²) in [5.74, 6) is -0.101. The van der Waals surface area contributed by atoms with Gasteiger partial charge in [-0.2, -0.15) is 0 Å². The van der Waals surface area contributed by atoms with Crippen LogP contribution in [0.5, 0.6) is 5.75 Å². The van der Waals surface area contributed by atoms with Crippen molar-refractivity contribution in [3.05, 3.63) is 89.0 Å². The van der Waals surface area contributed by atoms with Crippen LogP contribution in [0.2, 0.25) is 0 Å². The largest absolute Gasteiger partial charge is 0.497 e. The average Bonchev–Trinajstić information content (AvgIpc) is 2.99. The minimum atomic E-state index is -4.12. The molecule has 0 aromatic heterocycles. The molecular formula is C34H43N3O5S. The minimum absolute atomic E-state index is 0.0751. The highest BCUT2D eigenvalue weighted by atomic mass is 32.2. The predicted octanol–water partition coefficient (Wildman–Crippen LogP) is 5.68. The SMILES string of the molecule is COc1cccc(CN(C(=O)CN(c2ccc(C)cc2C)S(=O)(=O)c2ccc(C)cc2)C(C)C(=O)NC2CCCCC2)c1. The molecular weight excluding hydrogens is 562 g/mol. The van der Waals surface area contributed by atoms with Gasteiger partial charge in [0.2, 0.25) is 11.8 Å². The lowest BCUT2D eigenvalue weighted by Gasteiger charge is -2.33. The number of benzene rings is 3. The summed E-state index contributed by atoms with van der Waals surface area (Å²) in [4.78, 5) is 29.3. The van der Waals surface area contributed by atoms with Gasteiger partial charge in [-0.3, -0.25) is 13.9 Å². The van der Waals surface area contributed by atoms with E-state index in [1.807, 2.05) is 57.2 Å². The zero-order valence-electron chi connectivity index (χ0n) is 25.8. The van der Waals surface area contributed by atoms with E-state index in [4.69, 9.17) is 4.74 Å². The van der Waals surface area contributed by atoms with Crippen LogP contribution in [0.3, 0.4) is 0 Å². The first-order chi connectivity index (χ1) is 20.5. The topological polar surface area (TPSA) is 96.0 Å². The van der Waals surface area contributed by atoms with Crippen molar-refractivity contribution in [3.63, 3.8) is 0 Å². The Morgan fingerprint density at radius 1 is 0.930 bits per heavy atom. The lowest BCUT2D eigenvalue weighted by Crippen LogP contribution is -2.53. The third kappa shape index (κ3) is 7.96. The molecule has 9 heteroatoms. The number of nitrogens with zero attached hydrogens (tertiary/aromatic N) is 2. The Balaban J connectivity index is 1.71. The first-order valence-electron chi connectivity index (χ1n) is 14.9. The van der Waals surface area contributed by atoms with Crippen molar-refractivity contribution in [2.75, 3.05) is 18.0 Å². The molecule has 1 N–H and O–H groups in total. The van der Waals surface area contributed by atoms with Crippen molar-refractivity contribution in [1.29, 1.82) is 0 Å². The highest BCUT2D eigenvalue weighted by molar-refractivity contribution is 7.92. The van der Waals surface area contributed by atoms with Crippen LogP contribution in [0.15, 0.2) is 71.6 Å². The fourth-order valence-corrected chi connectivity index (χ4v) is 7.03. The molecule has 0 heterocycles. The Labute approximate surface area is 256 Å². The van der Waals surface area contributed by atoms with Crippen molar-refractivity contribution in [3.8, 4) is 5.75 Å². The molecule has 1 fully saturated rings. The van der Waals surface area contributed by atoms with Gasteiger partial charge < -0.3 is 15.0 Å². The third-order valence-electron chi connectivity index (χ3n) is 8.11. The molecule has 1 unspecified atom stereocenters. The van der Waals surface area contributed by atoms with Crippen molar-refractivity contribution in [1.82, 2.24) is 10.2 Å². The van der Waals surface area contributed by atoms with E-state index in [1.165, 1.54) is 9.21 Å². The number of amides is 2. The van der Waals surface area contributed by atoms with Gasteiger partial charge in [0, 0.05) is 12.6 Å². The summed E-state index contributed by atoms with van der Waals surface area (Å²) >= 11 is 0. The molecule has 0 radical (unpaired) electrons. The Bertz CT molecular complexity index is 1530. The second-order valence-electron chi connectivity index (χ2n) is 11.5. The fourth-order valence-electron chi connectivity index (χ4n) is 5.55. The zero-order chi connectivity index (χ0) is 31.1. The summed E-state index contributed by atoms with van der Waals surface area (Å²) in [6, 6.07) is 18.6. The van der Waals surface area contributed by atoms with Crippen molar-refractivity contribution >= 4 is 27.5 Å². The third-order valence-corrected chi connectivity index (χ3v) is 9.89. The highest BCUT2D eigenvalue weighted by Crippen LogP contribution is 2.29. The number of ether oxygens (including phenoxy) is 1. The van der Waals surface area contributed by atoms with E-state index in [2.05, 4.69) is 5.32 Å². The maximum absolute atomic E-state index is 14.2. The molecule has 43 heavy (non-hydrogen) atoms. The van der Waals surface area contributed by atoms with Crippen LogP contribution in [-0.4, -0.2) is 50.9 Å². The van der Waals surface area contributed by atoms with Crippen LogP contribution in [-0.2, 0) is 26.2 Å². The monoisotopic (exact) mass is 605 g/mol. The molecule has 8 nitrogen and oxygen atoms in total. The average molecular weight is 606 g/mol. The summed E-state index contributed by atoms with van der Waals surface area (Å²) in [5, 5.41) is 3.13. The number of nitrogens with one attached hydrogen (secondary N) is 1. The van der Waals surface area contributed by atoms with Crippen molar-refractivity contribution < 1.29 is 22.7 Å². The van der Waals surface area contributed by atoms with E-state index in [1.54, 1.807) is 44.4 Å². The number of aryl methyl sites for hydroxylation is 3. The number of hydrogen-bond donors (Lipinski definition) is 1. The Hall–Kier alpha value is -3.85. The molecule has 1 saturated carbocycles. The van der Waals surface area contributed by atoms with E-state index in [-0.39, 0.29) is 23.4 Å². The van der Waals surface area contributed by atoms with Crippen LogP contribution in [0, 0.1) is 20.8 Å².